The van der Waals surface area contributed by atoms with Crippen LogP contribution in [0.4, 0.5) is 0 Å². The van der Waals surface area contributed by atoms with Gasteiger partial charge >= 0.3 is 0 Å². The molecule has 0 spiro atoms. The van der Waals surface area contributed by atoms with Crippen molar-refractivity contribution in [2.75, 3.05) is 7.05 Å². The number of fused-ring (bicyclic) bond motifs is 1. The topological polar surface area (TPSA) is 24.9 Å². The minimum absolute atomic E-state index is 0.789. The van der Waals surface area contributed by atoms with E-state index in [9.17, 15) is 0 Å². The first-order chi connectivity index (χ1) is 10.3. The maximum atomic E-state index is 6.34. The monoisotopic (exact) mass is 296 g/mol. The molecule has 1 aromatic heterocycles. The standard InChI is InChI=1S/C18H17ClN2/c1-20-12-15-7-6-13(11-17(15)19)10-14-8-9-21-18-5-3-2-4-16(14)18/h2-9,11,20H,10,12H2,1H3. The molecule has 1 heterocycles. The Morgan fingerprint density at radius 1 is 1.05 bits per heavy atom. The summed E-state index contributed by atoms with van der Waals surface area (Å²) >= 11 is 6.34. The molecular formula is C18H17ClN2. The molecule has 0 aliphatic carbocycles. The van der Waals surface area contributed by atoms with E-state index in [-0.39, 0.29) is 0 Å². The maximum Gasteiger partial charge on any atom is 0.0704 e. The van der Waals surface area contributed by atoms with E-state index in [0.717, 1.165) is 29.1 Å². The van der Waals surface area contributed by atoms with E-state index in [2.05, 4.69) is 46.7 Å². The van der Waals surface area contributed by atoms with Gasteiger partial charge in [0.05, 0.1) is 5.52 Å². The molecule has 106 valence electrons. The predicted octanol–water partition coefficient (Wildman–Crippen LogP) is 4.20. The average Bonchev–Trinajstić information content (AvgIpc) is 2.51. The molecular weight excluding hydrogens is 280 g/mol. The van der Waals surface area contributed by atoms with E-state index < -0.39 is 0 Å². The lowest BCUT2D eigenvalue weighted by Crippen LogP contribution is -2.05. The summed E-state index contributed by atoms with van der Waals surface area (Å²) in [7, 11) is 1.92. The number of hydrogen-bond donors (Lipinski definition) is 1. The summed E-state index contributed by atoms with van der Waals surface area (Å²) in [5.74, 6) is 0. The Bertz CT molecular complexity index is 763. The third-order valence-corrected chi connectivity index (χ3v) is 3.97. The van der Waals surface area contributed by atoms with Crippen molar-refractivity contribution in [3.63, 3.8) is 0 Å². The van der Waals surface area contributed by atoms with E-state index >= 15 is 0 Å². The van der Waals surface area contributed by atoms with Gasteiger partial charge in [0.1, 0.15) is 0 Å². The minimum atomic E-state index is 0.789. The molecule has 0 atom stereocenters. The molecule has 0 radical (unpaired) electrons. The number of nitrogens with zero attached hydrogens (tertiary/aromatic N) is 1. The number of benzene rings is 2. The lowest BCUT2D eigenvalue weighted by atomic mass is 10.0. The Labute approximate surface area is 129 Å². The van der Waals surface area contributed by atoms with Crippen molar-refractivity contribution in [3.8, 4) is 0 Å². The number of hydrogen-bond acceptors (Lipinski definition) is 2. The second kappa shape index (κ2) is 6.25. The fraction of sp³-hybridized carbons (Fsp3) is 0.167. The molecule has 0 saturated carbocycles. The van der Waals surface area contributed by atoms with Crippen LogP contribution in [-0.4, -0.2) is 12.0 Å². The molecule has 21 heavy (non-hydrogen) atoms. The van der Waals surface area contributed by atoms with Crippen LogP contribution in [0, 0.1) is 0 Å². The van der Waals surface area contributed by atoms with Crippen LogP contribution in [0.5, 0.6) is 0 Å². The van der Waals surface area contributed by atoms with Crippen molar-refractivity contribution < 1.29 is 0 Å². The van der Waals surface area contributed by atoms with Crippen LogP contribution in [0.1, 0.15) is 16.7 Å². The Hall–Kier alpha value is -1.90. The molecule has 0 amide bonds. The highest BCUT2D eigenvalue weighted by Crippen LogP contribution is 2.23. The van der Waals surface area contributed by atoms with Gasteiger partial charge in [-0.3, -0.25) is 4.98 Å². The van der Waals surface area contributed by atoms with Gasteiger partial charge in [-0.25, -0.2) is 0 Å². The van der Waals surface area contributed by atoms with Crippen LogP contribution in [0.2, 0.25) is 5.02 Å². The largest absolute Gasteiger partial charge is 0.316 e. The van der Waals surface area contributed by atoms with Crippen LogP contribution >= 0.6 is 11.6 Å². The maximum absolute atomic E-state index is 6.34. The highest BCUT2D eigenvalue weighted by molar-refractivity contribution is 6.31. The molecule has 3 heteroatoms. The molecule has 2 nitrogen and oxygen atoms in total. The van der Waals surface area contributed by atoms with Crippen molar-refractivity contribution in [1.82, 2.24) is 10.3 Å². The van der Waals surface area contributed by atoms with Gasteiger partial charge in [0.25, 0.3) is 0 Å². The number of aromatic nitrogens is 1. The van der Waals surface area contributed by atoms with Crippen LogP contribution in [0.25, 0.3) is 10.9 Å². The van der Waals surface area contributed by atoms with Crippen LogP contribution in [0.15, 0.2) is 54.7 Å². The van der Waals surface area contributed by atoms with E-state index in [1.165, 1.54) is 16.5 Å². The van der Waals surface area contributed by atoms with Gasteiger partial charge in [-0.2, -0.15) is 0 Å². The number of halogens is 1. The third-order valence-electron chi connectivity index (χ3n) is 3.62. The van der Waals surface area contributed by atoms with Gasteiger partial charge in [0.15, 0.2) is 0 Å². The molecule has 2 aromatic carbocycles. The van der Waals surface area contributed by atoms with E-state index in [1.54, 1.807) is 0 Å². The first kappa shape index (κ1) is 14.1. The zero-order valence-electron chi connectivity index (χ0n) is 11.9. The zero-order chi connectivity index (χ0) is 14.7. The van der Waals surface area contributed by atoms with Crippen molar-refractivity contribution in [2.45, 2.75) is 13.0 Å². The lowest BCUT2D eigenvalue weighted by molar-refractivity contribution is 0.817. The summed E-state index contributed by atoms with van der Waals surface area (Å²) in [6.07, 6.45) is 2.73. The third kappa shape index (κ3) is 3.07. The van der Waals surface area contributed by atoms with Gasteiger partial charge in [-0.1, -0.05) is 41.9 Å². The predicted molar refractivity (Wildman–Crippen MR) is 88.8 cm³/mol. The summed E-state index contributed by atoms with van der Waals surface area (Å²) in [6.45, 7) is 0.789. The van der Waals surface area contributed by atoms with Crippen molar-refractivity contribution in [1.29, 1.82) is 0 Å². The van der Waals surface area contributed by atoms with Gasteiger partial charge in [-0.05, 0) is 48.4 Å². The number of nitrogens with one attached hydrogen (secondary N) is 1. The Balaban J connectivity index is 1.93. The Morgan fingerprint density at radius 2 is 1.90 bits per heavy atom. The molecule has 0 fully saturated rings. The Kier molecular flexibility index (Phi) is 4.18. The van der Waals surface area contributed by atoms with Gasteiger partial charge in [-0.15, -0.1) is 0 Å². The van der Waals surface area contributed by atoms with Crippen LogP contribution < -0.4 is 5.32 Å². The lowest BCUT2D eigenvalue weighted by Gasteiger charge is -2.09. The summed E-state index contributed by atoms with van der Waals surface area (Å²) in [5, 5.41) is 5.15. The normalized spacial score (nSPS) is 11.0. The summed E-state index contributed by atoms with van der Waals surface area (Å²) in [4.78, 5) is 4.41. The van der Waals surface area contributed by atoms with Gasteiger partial charge in [0.2, 0.25) is 0 Å². The molecule has 0 bridgehead atoms. The molecule has 3 aromatic rings. The molecule has 0 aliphatic heterocycles. The molecule has 1 N–H and O–H groups in total. The fourth-order valence-corrected chi connectivity index (χ4v) is 2.83. The second-order valence-corrected chi connectivity index (χ2v) is 5.53. The summed E-state index contributed by atoms with van der Waals surface area (Å²) < 4.78 is 0. The van der Waals surface area contributed by atoms with Crippen molar-refractivity contribution in [3.05, 3.63) is 76.4 Å². The smallest absolute Gasteiger partial charge is 0.0704 e. The highest BCUT2D eigenvalue weighted by Gasteiger charge is 2.05. The van der Waals surface area contributed by atoms with Crippen LogP contribution in [0.3, 0.4) is 0 Å². The number of rotatable bonds is 4. The van der Waals surface area contributed by atoms with Gasteiger partial charge < -0.3 is 5.32 Å². The first-order valence-electron chi connectivity index (χ1n) is 7.02. The quantitative estimate of drug-likeness (QED) is 0.780. The SMILES string of the molecule is CNCc1ccc(Cc2ccnc3ccccc23)cc1Cl. The molecule has 0 aliphatic rings. The summed E-state index contributed by atoms with van der Waals surface area (Å²) in [6, 6.07) is 16.6. The van der Waals surface area contributed by atoms with E-state index in [0.29, 0.717) is 0 Å². The summed E-state index contributed by atoms with van der Waals surface area (Å²) in [5.41, 5.74) is 4.66. The zero-order valence-corrected chi connectivity index (χ0v) is 12.7. The molecule has 0 saturated heterocycles. The van der Waals surface area contributed by atoms with Gasteiger partial charge in [0, 0.05) is 23.2 Å². The minimum Gasteiger partial charge on any atom is -0.316 e. The van der Waals surface area contributed by atoms with Crippen molar-refractivity contribution in [2.24, 2.45) is 0 Å². The molecule has 3 rings (SSSR count). The first-order valence-corrected chi connectivity index (χ1v) is 7.40. The van der Waals surface area contributed by atoms with Crippen molar-refractivity contribution >= 4 is 22.5 Å². The van der Waals surface area contributed by atoms with E-state index in [4.69, 9.17) is 11.6 Å². The number of pyridine rings is 1. The number of para-hydroxylation sites is 1. The Morgan fingerprint density at radius 3 is 2.71 bits per heavy atom. The second-order valence-electron chi connectivity index (χ2n) is 5.12. The van der Waals surface area contributed by atoms with E-state index in [1.807, 2.05) is 25.4 Å². The molecule has 0 unspecified atom stereocenters. The average molecular weight is 297 g/mol. The van der Waals surface area contributed by atoms with Crippen LogP contribution in [-0.2, 0) is 13.0 Å². The fourth-order valence-electron chi connectivity index (χ4n) is 2.56. The highest BCUT2D eigenvalue weighted by atomic mass is 35.5.